The molecule has 2 amide bonds. The molecule has 1 aliphatic heterocycles. The third-order valence-corrected chi connectivity index (χ3v) is 3.17. The minimum absolute atomic E-state index is 0.133. The largest absolute Gasteiger partial charge is 0.457 e. The first-order valence-corrected chi connectivity index (χ1v) is 6.77. The molecule has 0 saturated carbocycles. The van der Waals surface area contributed by atoms with E-state index in [-0.39, 0.29) is 24.8 Å². The smallest absolute Gasteiger partial charge is 0.338 e. The number of ether oxygens (including phenoxy) is 1. The number of amides is 2. The number of carbonyl (C=O) groups excluding carboxylic acids is 3. The quantitative estimate of drug-likeness (QED) is 0.796. The Morgan fingerprint density at radius 1 is 1.26 bits per heavy atom. The molecule has 1 aromatic heterocycles. The van der Waals surface area contributed by atoms with Crippen LogP contribution in [0.25, 0.3) is 0 Å². The number of fused-ring (bicyclic) bond motifs is 1. The van der Waals surface area contributed by atoms with Gasteiger partial charge >= 0.3 is 5.97 Å². The predicted octanol–water partition coefficient (Wildman–Crippen LogP) is 0.515. The van der Waals surface area contributed by atoms with E-state index in [4.69, 9.17) is 4.74 Å². The summed E-state index contributed by atoms with van der Waals surface area (Å²) < 4.78 is 4.89. The van der Waals surface area contributed by atoms with Gasteiger partial charge in [0.15, 0.2) is 0 Å². The molecule has 0 aliphatic carbocycles. The molecule has 0 unspecified atom stereocenters. The maximum absolute atomic E-state index is 11.9. The lowest BCUT2D eigenvalue weighted by molar-refractivity contribution is -0.115. The molecule has 1 aromatic carbocycles. The maximum Gasteiger partial charge on any atom is 0.338 e. The molecule has 23 heavy (non-hydrogen) atoms. The van der Waals surface area contributed by atoms with E-state index in [1.807, 2.05) is 0 Å². The number of carbonyl (C=O) groups is 3. The number of rotatable bonds is 4. The Labute approximate surface area is 130 Å². The van der Waals surface area contributed by atoms with Gasteiger partial charge in [0.05, 0.1) is 18.3 Å². The molecule has 0 fully saturated rings. The second-order valence-corrected chi connectivity index (χ2v) is 4.77. The molecular weight excluding hydrogens is 300 g/mol. The summed E-state index contributed by atoms with van der Waals surface area (Å²) in [6, 6.07) is 4.87. The highest BCUT2D eigenvalue weighted by molar-refractivity contribution is 5.99. The van der Waals surface area contributed by atoms with Crippen LogP contribution < -0.4 is 10.6 Å². The molecule has 8 heteroatoms. The lowest BCUT2D eigenvalue weighted by Gasteiger charge is -2.07. The highest BCUT2D eigenvalue weighted by Crippen LogP contribution is 2.23. The van der Waals surface area contributed by atoms with Crippen LogP contribution in [0.4, 0.5) is 5.69 Å². The average Bonchev–Trinajstić information content (AvgIpc) is 2.94. The fourth-order valence-corrected chi connectivity index (χ4v) is 2.08. The number of esters is 1. The van der Waals surface area contributed by atoms with Gasteiger partial charge in [0.2, 0.25) is 5.91 Å². The second kappa shape index (κ2) is 6.22. The van der Waals surface area contributed by atoms with Crippen LogP contribution in [0, 0.1) is 0 Å². The molecule has 1 aliphatic rings. The first kappa shape index (κ1) is 14.6. The van der Waals surface area contributed by atoms with Crippen LogP contribution in [0.15, 0.2) is 36.8 Å². The van der Waals surface area contributed by atoms with Crippen LogP contribution >= 0.6 is 0 Å². The first-order valence-electron chi connectivity index (χ1n) is 6.77. The lowest BCUT2D eigenvalue weighted by atomic mass is 10.1. The van der Waals surface area contributed by atoms with Crippen LogP contribution in [0.3, 0.4) is 0 Å². The molecule has 8 nitrogen and oxygen atoms in total. The summed E-state index contributed by atoms with van der Waals surface area (Å²) in [4.78, 5) is 42.6. The van der Waals surface area contributed by atoms with E-state index in [1.165, 1.54) is 18.6 Å². The number of nitrogens with zero attached hydrogens (tertiary/aromatic N) is 2. The van der Waals surface area contributed by atoms with Crippen molar-refractivity contribution in [1.82, 2.24) is 15.3 Å². The van der Waals surface area contributed by atoms with Crippen molar-refractivity contribution in [3.63, 3.8) is 0 Å². The number of hydrogen-bond acceptors (Lipinski definition) is 6. The molecule has 0 bridgehead atoms. The van der Waals surface area contributed by atoms with E-state index in [2.05, 4.69) is 20.6 Å². The summed E-state index contributed by atoms with van der Waals surface area (Å²) in [5.41, 5.74) is 1.88. The van der Waals surface area contributed by atoms with Crippen LogP contribution in [0.2, 0.25) is 0 Å². The number of benzene rings is 1. The van der Waals surface area contributed by atoms with Gasteiger partial charge < -0.3 is 15.4 Å². The number of cyclic esters (lactones) is 1. The third-order valence-electron chi connectivity index (χ3n) is 3.17. The van der Waals surface area contributed by atoms with Gasteiger partial charge in [0, 0.05) is 23.6 Å². The van der Waals surface area contributed by atoms with Crippen molar-refractivity contribution in [2.45, 2.75) is 6.61 Å². The maximum atomic E-state index is 11.9. The molecule has 2 heterocycles. The van der Waals surface area contributed by atoms with Crippen LogP contribution in [0.5, 0.6) is 0 Å². The van der Waals surface area contributed by atoms with E-state index in [1.54, 1.807) is 18.2 Å². The minimum Gasteiger partial charge on any atom is -0.457 e. The predicted molar refractivity (Wildman–Crippen MR) is 78.6 cm³/mol. The van der Waals surface area contributed by atoms with Gasteiger partial charge in [-0.05, 0) is 18.2 Å². The number of aromatic nitrogens is 2. The van der Waals surface area contributed by atoms with Crippen molar-refractivity contribution < 1.29 is 19.1 Å². The van der Waals surface area contributed by atoms with Crippen LogP contribution in [0.1, 0.15) is 26.4 Å². The molecule has 116 valence electrons. The zero-order chi connectivity index (χ0) is 16.2. The van der Waals surface area contributed by atoms with Gasteiger partial charge in [-0.25, -0.2) is 9.78 Å². The summed E-state index contributed by atoms with van der Waals surface area (Å²) in [5, 5.41) is 5.08. The first-order chi connectivity index (χ1) is 11.1. The van der Waals surface area contributed by atoms with Gasteiger partial charge in [0.1, 0.15) is 12.3 Å². The zero-order valence-electron chi connectivity index (χ0n) is 11.9. The van der Waals surface area contributed by atoms with Crippen LogP contribution in [-0.4, -0.2) is 34.3 Å². The van der Waals surface area contributed by atoms with E-state index in [0.717, 1.165) is 5.56 Å². The Kier molecular flexibility index (Phi) is 3.96. The lowest BCUT2D eigenvalue weighted by Crippen LogP contribution is -2.33. The van der Waals surface area contributed by atoms with Gasteiger partial charge in [-0.15, -0.1) is 0 Å². The molecule has 2 aromatic rings. The highest BCUT2D eigenvalue weighted by Gasteiger charge is 2.21. The number of nitrogens with one attached hydrogen (secondary N) is 2. The monoisotopic (exact) mass is 312 g/mol. The Morgan fingerprint density at radius 3 is 2.91 bits per heavy atom. The molecular formula is C15H12N4O4. The van der Waals surface area contributed by atoms with Crippen molar-refractivity contribution in [3.8, 4) is 0 Å². The summed E-state index contributed by atoms with van der Waals surface area (Å²) in [5.74, 6) is -1.25. The van der Waals surface area contributed by atoms with Gasteiger partial charge in [-0.1, -0.05) is 0 Å². The standard InChI is InChI=1S/C15H12N4O4/c20-13(7-18-14(21)12-6-16-3-4-17-12)19-10-1-2-11-9(5-10)8-23-15(11)22/h1-6H,7-8H2,(H,18,21)(H,19,20). The van der Waals surface area contributed by atoms with E-state index in [9.17, 15) is 14.4 Å². The van der Waals surface area contributed by atoms with Crippen LogP contribution in [-0.2, 0) is 16.1 Å². The fourth-order valence-electron chi connectivity index (χ4n) is 2.08. The molecule has 3 rings (SSSR count). The van der Waals surface area contributed by atoms with Crippen molar-refractivity contribution >= 4 is 23.5 Å². The molecule has 2 N–H and O–H groups in total. The summed E-state index contributed by atoms with van der Waals surface area (Å²) in [6.45, 7) is -0.0107. The van der Waals surface area contributed by atoms with Crippen molar-refractivity contribution in [2.75, 3.05) is 11.9 Å². The van der Waals surface area contributed by atoms with E-state index in [0.29, 0.717) is 11.3 Å². The average molecular weight is 312 g/mol. The SMILES string of the molecule is O=C(CNC(=O)c1cnccn1)Nc1ccc2c(c1)COC2=O. The Hall–Kier alpha value is -3.29. The molecule has 0 radical (unpaired) electrons. The highest BCUT2D eigenvalue weighted by atomic mass is 16.5. The summed E-state index contributed by atoms with van der Waals surface area (Å²) in [6.07, 6.45) is 4.15. The Morgan fingerprint density at radius 2 is 2.13 bits per heavy atom. The van der Waals surface area contributed by atoms with Gasteiger partial charge in [-0.2, -0.15) is 0 Å². The molecule has 0 atom stereocenters. The van der Waals surface area contributed by atoms with E-state index >= 15 is 0 Å². The Bertz CT molecular complexity index is 776. The van der Waals surface area contributed by atoms with Gasteiger partial charge in [-0.3, -0.25) is 14.6 Å². The third kappa shape index (κ3) is 3.31. The molecule has 0 spiro atoms. The zero-order valence-corrected chi connectivity index (χ0v) is 11.9. The fraction of sp³-hybridized carbons (Fsp3) is 0.133. The van der Waals surface area contributed by atoms with Gasteiger partial charge in [0.25, 0.3) is 5.91 Å². The summed E-state index contributed by atoms with van der Waals surface area (Å²) >= 11 is 0. The van der Waals surface area contributed by atoms with Crippen molar-refractivity contribution in [3.05, 3.63) is 53.6 Å². The van der Waals surface area contributed by atoms with Crippen molar-refractivity contribution in [2.24, 2.45) is 0 Å². The second-order valence-electron chi connectivity index (χ2n) is 4.77. The van der Waals surface area contributed by atoms with Crippen molar-refractivity contribution in [1.29, 1.82) is 0 Å². The Balaban J connectivity index is 1.56. The van der Waals surface area contributed by atoms with E-state index < -0.39 is 11.8 Å². The normalized spacial score (nSPS) is 12.3. The summed E-state index contributed by atoms with van der Waals surface area (Å²) in [7, 11) is 0. The minimum atomic E-state index is -0.485. The topological polar surface area (TPSA) is 110 Å². The number of hydrogen-bond donors (Lipinski definition) is 2. The number of anilines is 1. The molecule has 0 saturated heterocycles.